The molecule has 3 N–H and O–H groups in total. The molecule has 0 aliphatic carbocycles. The molecule has 0 aromatic heterocycles. The second-order valence-corrected chi connectivity index (χ2v) is 6.50. The Morgan fingerprint density at radius 1 is 1.31 bits per heavy atom. The number of urea groups is 1. The number of carbonyl (C=O) groups excluding carboxylic acids is 1. The van der Waals surface area contributed by atoms with E-state index >= 15 is 0 Å². The van der Waals surface area contributed by atoms with Gasteiger partial charge in [-0.05, 0) is 30.0 Å². The molecule has 1 aromatic carbocycles. The molecule has 1 aliphatic heterocycles. The molecule has 2 rings (SSSR count). The molecule has 1 fully saturated rings. The van der Waals surface area contributed by atoms with Crippen LogP contribution in [-0.4, -0.2) is 60.5 Å². The maximum Gasteiger partial charge on any atom is 0.317 e. The molecule has 0 saturated carbocycles. The number of hydrogen-bond donors (Lipinski definition) is 3. The van der Waals surface area contributed by atoms with E-state index in [-0.39, 0.29) is 38.3 Å². The first-order valence-electron chi connectivity index (χ1n) is 8.60. The van der Waals surface area contributed by atoms with Gasteiger partial charge in [0, 0.05) is 19.6 Å². The summed E-state index contributed by atoms with van der Waals surface area (Å²) in [5.74, 6) is -0.197. The van der Waals surface area contributed by atoms with Crippen LogP contribution in [-0.2, 0) is 11.3 Å². The van der Waals surface area contributed by atoms with E-state index in [1.54, 1.807) is 23.1 Å². The summed E-state index contributed by atoms with van der Waals surface area (Å²) in [6.07, 6.45) is 0.589. The maximum atomic E-state index is 12.4. The molecule has 144 valence electrons. The van der Waals surface area contributed by atoms with Crippen LogP contribution in [0.1, 0.15) is 18.9 Å². The van der Waals surface area contributed by atoms with Gasteiger partial charge in [-0.25, -0.2) is 4.79 Å². The molecule has 1 aromatic rings. The molecule has 0 spiro atoms. The van der Waals surface area contributed by atoms with Crippen molar-refractivity contribution in [3.8, 4) is 11.5 Å². The van der Waals surface area contributed by atoms with Crippen LogP contribution in [0, 0.1) is 11.8 Å². The third kappa shape index (κ3) is 5.26. The molecule has 1 aliphatic rings. The highest BCUT2D eigenvalue weighted by Crippen LogP contribution is 2.28. The van der Waals surface area contributed by atoms with Gasteiger partial charge in [-0.2, -0.15) is 0 Å². The van der Waals surface area contributed by atoms with Gasteiger partial charge in [-0.15, -0.1) is 0 Å². The Hall–Kier alpha value is -2.48. The van der Waals surface area contributed by atoms with Crippen molar-refractivity contribution in [1.82, 2.24) is 10.2 Å². The summed E-state index contributed by atoms with van der Waals surface area (Å²) >= 11 is 0. The van der Waals surface area contributed by atoms with Gasteiger partial charge < -0.3 is 29.9 Å². The molecule has 2 amide bonds. The molecule has 0 radical (unpaired) electrons. The SMILES string of the molecule is COc1cc(CNC(=O)N2CC(C)CC(C(=O)O)C2)ccc1OCCO. The molecule has 8 nitrogen and oxygen atoms in total. The number of rotatable bonds is 7. The van der Waals surface area contributed by atoms with Crippen molar-refractivity contribution in [2.24, 2.45) is 11.8 Å². The van der Waals surface area contributed by atoms with Crippen LogP contribution in [0.4, 0.5) is 4.79 Å². The Kier molecular flexibility index (Phi) is 7.08. The molecule has 1 saturated heterocycles. The largest absolute Gasteiger partial charge is 0.493 e. The van der Waals surface area contributed by atoms with Gasteiger partial charge in [-0.1, -0.05) is 13.0 Å². The quantitative estimate of drug-likeness (QED) is 0.672. The van der Waals surface area contributed by atoms with Crippen molar-refractivity contribution in [2.45, 2.75) is 19.9 Å². The third-order valence-corrected chi connectivity index (χ3v) is 4.32. The lowest BCUT2D eigenvalue weighted by Gasteiger charge is -2.34. The number of amides is 2. The molecular weight excluding hydrogens is 340 g/mol. The van der Waals surface area contributed by atoms with Crippen LogP contribution >= 0.6 is 0 Å². The number of benzene rings is 1. The third-order valence-electron chi connectivity index (χ3n) is 4.32. The number of carboxylic acids is 1. The molecule has 0 bridgehead atoms. The summed E-state index contributed by atoms with van der Waals surface area (Å²) in [6, 6.07) is 5.00. The van der Waals surface area contributed by atoms with E-state index in [1.807, 2.05) is 6.92 Å². The van der Waals surface area contributed by atoms with Crippen LogP contribution < -0.4 is 14.8 Å². The number of aliphatic hydroxyl groups excluding tert-OH is 1. The second-order valence-electron chi connectivity index (χ2n) is 6.50. The lowest BCUT2D eigenvalue weighted by atomic mass is 9.91. The normalized spacial score (nSPS) is 19.7. The van der Waals surface area contributed by atoms with Gasteiger partial charge in [0.15, 0.2) is 11.5 Å². The summed E-state index contributed by atoms with van der Waals surface area (Å²) in [7, 11) is 1.52. The van der Waals surface area contributed by atoms with Crippen LogP contribution in [0.2, 0.25) is 0 Å². The minimum absolute atomic E-state index is 0.0907. The molecule has 2 atom stereocenters. The summed E-state index contributed by atoms with van der Waals surface area (Å²) < 4.78 is 10.6. The van der Waals surface area contributed by atoms with Crippen molar-refractivity contribution >= 4 is 12.0 Å². The average molecular weight is 366 g/mol. The lowest BCUT2D eigenvalue weighted by Crippen LogP contribution is -2.49. The number of carboxylic acid groups (broad SMARTS) is 1. The van der Waals surface area contributed by atoms with E-state index in [9.17, 15) is 14.7 Å². The van der Waals surface area contributed by atoms with E-state index < -0.39 is 11.9 Å². The summed E-state index contributed by atoms with van der Waals surface area (Å²) in [4.78, 5) is 25.2. The number of ether oxygens (including phenoxy) is 2. The topological polar surface area (TPSA) is 108 Å². The second kappa shape index (κ2) is 9.28. The number of hydrogen-bond acceptors (Lipinski definition) is 5. The van der Waals surface area contributed by atoms with Crippen LogP contribution in [0.25, 0.3) is 0 Å². The summed E-state index contributed by atoms with van der Waals surface area (Å²) in [6.45, 7) is 3.09. The highest BCUT2D eigenvalue weighted by Gasteiger charge is 2.31. The fourth-order valence-corrected chi connectivity index (χ4v) is 3.08. The number of likely N-dealkylation sites (tertiary alicyclic amines) is 1. The van der Waals surface area contributed by atoms with Gasteiger partial charge in [0.25, 0.3) is 0 Å². The number of nitrogens with one attached hydrogen (secondary N) is 1. The van der Waals surface area contributed by atoms with Crippen LogP contribution in [0.5, 0.6) is 11.5 Å². The van der Waals surface area contributed by atoms with E-state index in [2.05, 4.69) is 5.32 Å². The zero-order valence-corrected chi connectivity index (χ0v) is 15.1. The highest BCUT2D eigenvalue weighted by molar-refractivity contribution is 5.76. The molecule has 26 heavy (non-hydrogen) atoms. The first-order valence-corrected chi connectivity index (χ1v) is 8.60. The standard InChI is InChI=1S/C18H26N2O6/c1-12-7-14(17(22)23)11-20(10-12)18(24)19-9-13-3-4-15(26-6-5-21)16(8-13)25-2/h3-4,8,12,14,21H,5-7,9-11H2,1-2H3,(H,19,24)(H,22,23). The first kappa shape index (κ1) is 19.8. The van der Waals surface area contributed by atoms with Crippen molar-refractivity contribution in [1.29, 1.82) is 0 Å². The number of aliphatic hydroxyl groups is 1. The zero-order valence-electron chi connectivity index (χ0n) is 15.1. The fraction of sp³-hybridized carbons (Fsp3) is 0.556. The van der Waals surface area contributed by atoms with Gasteiger partial charge in [0.1, 0.15) is 6.61 Å². The van der Waals surface area contributed by atoms with E-state index in [0.29, 0.717) is 24.5 Å². The van der Waals surface area contributed by atoms with Crippen molar-refractivity contribution in [3.63, 3.8) is 0 Å². The monoisotopic (exact) mass is 366 g/mol. The first-order chi connectivity index (χ1) is 12.4. The van der Waals surface area contributed by atoms with Gasteiger partial charge in [0.05, 0.1) is 19.6 Å². The Morgan fingerprint density at radius 3 is 2.73 bits per heavy atom. The lowest BCUT2D eigenvalue weighted by molar-refractivity contribution is -0.143. The van der Waals surface area contributed by atoms with Crippen molar-refractivity contribution < 1.29 is 29.3 Å². The summed E-state index contributed by atoms with van der Waals surface area (Å²) in [5, 5.41) is 20.9. The minimum atomic E-state index is -0.863. The predicted octanol–water partition coefficient (Wildman–Crippen LogP) is 1.32. The Balaban J connectivity index is 1.95. The molecule has 8 heteroatoms. The summed E-state index contributed by atoms with van der Waals surface area (Å²) in [5.41, 5.74) is 0.825. The van der Waals surface area contributed by atoms with Gasteiger partial charge >= 0.3 is 12.0 Å². The number of aliphatic carboxylic acids is 1. The predicted molar refractivity (Wildman–Crippen MR) is 94.3 cm³/mol. The number of carbonyl (C=O) groups is 2. The number of nitrogens with zero attached hydrogens (tertiary/aromatic N) is 1. The average Bonchev–Trinajstić information content (AvgIpc) is 2.64. The van der Waals surface area contributed by atoms with Crippen LogP contribution in [0.3, 0.4) is 0 Å². The maximum absolute atomic E-state index is 12.4. The van der Waals surface area contributed by atoms with E-state index in [0.717, 1.165) is 5.56 Å². The van der Waals surface area contributed by atoms with Crippen molar-refractivity contribution in [2.75, 3.05) is 33.4 Å². The number of methoxy groups -OCH3 is 1. The minimum Gasteiger partial charge on any atom is -0.493 e. The molecule has 1 heterocycles. The smallest absolute Gasteiger partial charge is 0.317 e. The van der Waals surface area contributed by atoms with E-state index in [1.165, 1.54) is 7.11 Å². The molecular formula is C18H26N2O6. The van der Waals surface area contributed by atoms with Gasteiger partial charge in [0.2, 0.25) is 0 Å². The Bertz CT molecular complexity index is 636. The van der Waals surface area contributed by atoms with Gasteiger partial charge in [-0.3, -0.25) is 4.79 Å². The van der Waals surface area contributed by atoms with Crippen LogP contribution in [0.15, 0.2) is 18.2 Å². The number of piperidine rings is 1. The van der Waals surface area contributed by atoms with Crippen molar-refractivity contribution in [3.05, 3.63) is 23.8 Å². The Morgan fingerprint density at radius 2 is 2.08 bits per heavy atom. The fourth-order valence-electron chi connectivity index (χ4n) is 3.08. The van der Waals surface area contributed by atoms with E-state index in [4.69, 9.17) is 14.6 Å². The Labute approximate surface area is 152 Å². The molecule has 2 unspecified atom stereocenters. The zero-order chi connectivity index (χ0) is 19.1. The highest BCUT2D eigenvalue weighted by atomic mass is 16.5.